The van der Waals surface area contributed by atoms with E-state index in [-0.39, 0.29) is 0 Å². The van der Waals surface area contributed by atoms with Crippen LogP contribution in [0.5, 0.6) is 11.5 Å². The minimum Gasteiger partial charge on any atom is -0.497 e. The molecule has 8 aromatic rings. The number of nitrogens with two attached hydrogens (primary N) is 1. The predicted molar refractivity (Wildman–Crippen MR) is 266 cm³/mol. The molecule has 0 saturated heterocycles. The molecule has 0 aromatic heterocycles. The number of fused-ring (bicyclic) bond motifs is 1. The third-order valence-corrected chi connectivity index (χ3v) is 10.4. The standard InChI is InChI=1S/C54H40N4O2.BH2NS/c1-56-54-42(21-15-40-18-26-46(27-19-40)58(44-12-8-5-9-13-44)48-30-34-50(60-3)35-31-48)23-36-51-52(54)37-22-41(53(51)38-55)20-14-39-16-24-45(25-17-39)57(43-10-6-4-7-11-43)47-28-32-49(59-2)33-29-47;2-1-3/h4-37H,2-3H3;2H2/b20-14+,21-15+;. The van der Waals surface area contributed by atoms with Crippen molar-refractivity contribution in [3.8, 4) is 17.6 Å². The van der Waals surface area contributed by atoms with Gasteiger partial charge in [0.15, 0.2) is 0 Å². The maximum Gasteiger partial charge on any atom is 0.202 e. The molecular formula is C54H42BN5O2S. The molecule has 9 heteroatoms. The second-order valence-corrected chi connectivity index (χ2v) is 14.3. The maximum absolute atomic E-state index is 10.4. The van der Waals surface area contributed by atoms with Crippen molar-refractivity contribution in [2.45, 2.75) is 0 Å². The van der Waals surface area contributed by atoms with Crippen molar-refractivity contribution in [1.82, 2.24) is 0 Å². The Morgan fingerprint density at radius 3 is 1.29 bits per heavy atom. The number of para-hydroxylation sites is 2. The summed E-state index contributed by atoms with van der Waals surface area (Å²) in [5.74, 6) is 1.60. The van der Waals surface area contributed by atoms with Gasteiger partial charge in [0.05, 0.1) is 26.4 Å². The van der Waals surface area contributed by atoms with E-state index in [0.717, 1.165) is 84.9 Å². The molecule has 0 bridgehead atoms. The summed E-state index contributed by atoms with van der Waals surface area (Å²) < 4.78 is 10.8. The van der Waals surface area contributed by atoms with E-state index in [1.54, 1.807) is 14.2 Å². The fourth-order valence-corrected chi connectivity index (χ4v) is 7.30. The van der Waals surface area contributed by atoms with Gasteiger partial charge in [-0.25, -0.2) is 4.85 Å². The largest absolute Gasteiger partial charge is 0.497 e. The van der Waals surface area contributed by atoms with Crippen molar-refractivity contribution in [2.24, 2.45) is 5.64 Å². The van der Waals surface area contributed by atoms with Crippen LogP contribution in [0.15, 0.2) is 182 Å². The van der Waals surface area contributed by atoms with Gasteiger partial charge < -0.3 is 19.3 Å². The van der Waals surface area contributed by atoms with Crippen molar-refractivity contribution < 1.29 is 9.47 Å². The first-order valence-corrected chi connectivity index (χ1v) is 20.5. The third kappa shape index (κ3) is 10.0. The van der Waals surface area contributed by atoms with Crippen LogP contribution in [0.1, 0.15) is 27.8 Å². The molecule has 0 saturated carbocycles. The summed E-state index contributed by atoms with van der Waals surface area (Å²) in [5.41, 5.74) is 15.3. The van der Waals surface area contributed by atoms with Crippen molar-refractivity contribution >= 4 is 93.2 Å². The van der Waals surface area contributed by atoms with Crippen molar-refractivity contribution in [3.05, 3.63) is 221 Å². The number of benzene rings is 8. The van der Waals surface area contributed by atoms with E-state index in [0.29, 0.717) is 11.3 Å². The van der Waals surface area contributed by atoms with Crippen LogP contribution >= 0.6 is 12.1 Å². The number of nitriles is 1. The average Bonchev–Trinajstić information content (AvgIpc) is 3.34. The zero-order valence-electron chi connectivity index (χ0n) is 34.8. The van der Waals surface area contributed by atoms with Crippen LogP contribution in [0.2, 0.25) is 0 Å². The molecule has 0 unspecified atom stereocenters. The van der Waals surface area contributed by atoms with Crippen LogP contribution in [0, 0.1) is 17.9 Å². The molecule has 304 valence electrons. The molecule has 0 fully saturated rings. The zero-order valence-corrected chi connectivity index (χ0v) is 35.6. The first-order valence-electron chi connectivity index (χ1n) is 20.1. The van der Waals surface area contributed by atoms with Gasteiger partial charge in [0.25, 0.3) is 0 Å². The number of nitrogens with zero attached hydrogens (tertiary/aromatic N) is 4. The van der Waals surface area contributed by atoms with Gasteiger partial charge in [-0.15, -0.1) is 0 Å². The number of anilines is 6. The summed E-state index contributed by atoms with van der Waals surface area (Å²) in [6, 6.07) is 63.4. The van der Waals surface area contributed by atoms with Gasteiger partial charge >= 0.3 is 24.0 Å². The van der Waals surface area contributed by atoms with Crippen LogP contribution in [-0.4, -0.2) is 20.5 Å². The smallest absolute Gasteiger partial charge is 0.202 e. The second kappa shape index (κ2) is 20.8. The minimum absolute atomic E-state index is 0.512. The third-order valence-electron chi connectivity index (χ3n) is 10.4. The Hall–Kier alpha value is -8.24. The molecule has 0 aliphatic carbocycles. The monoisotopic (exact) mass is 835 g/mol. The van der Waals surface area contributed by atoms with Crippen LogP contribution in [0.25, 0.3) is 39.9 Å². The molecule has 0 radical (unpaired) electrons. The SMILES string of the molecule is NB=S.[C-]#[N+]c1c(/C=C/c2ccc(N(c3ccccc3)c3ccc(OC)cc3)cc2)ccc2c(C#N)c(/C=C/c3ccc(N(c4ccccc4)c4ccc(OC)cc4)cc3)ccc12. The Morgan fingerprint density at radius 2 is 0.889 bits per heavy atom. The fourth-order valence-electron chi connectivity index (χ4n) is 7.30. The molecule has 0 aliphatic heterocycles. The van der Waals surface area contributed by atoms with E-state index in [2.05, 4.69) is 111 Å². The molecule has 8 rings (SSSR count). The first-order chi connectivity index (χ1) is 31.0. The van der Waals surface area contributed by atoms with E-state index in [9.17, 15) is 5.26 Å². The van der Waals surface area contributed by atoms with Gasteiger partial charge in [0.2, 0.25) is 5.69 Å². The Balaban J connectivity index is 0.00000193. The van der Waals surface area contributed by atoms with Crippen molar-refractivity contribution in [1.29, 1.82) is 5.26 Å². The van der Waals surface area contributed by atoms with Gasteiger partial charge in [-0.05, 0) is 130 Å². The van der Waals surface area contributed by atoms with Crippen molar-refractivity contribution in [2.75, 3.05) is 24.0 Å². The molecule has 7 nitrogen and oxygen atoms in total. The number of hydrogen-bond donors (Lipinski definition) is 1. The second-order valence-electron chi connectivity index (χ2n) is 14.1. The first kappa shape index (κ1) is 42.9. The molecule has 8 aromatic carbocycles. The number of ether oxygens (including phenoxy) is 2. The molecule has 0 aliphatic rings. The van der Waals surface area contributed by atoms with E-state index in [1.807, 2.05) is 133 Å². The Bertz CT molecular complexity index is 2740. The number of hydrogen-bond acceptors (Lipinski definition) is 6. The fraction of sp³-hybridized carbons (Fsp3) is 0.0370. The van der Waals surface area contributed by atoms with Gasteiger partial charge in [-0.1, -0.05) is 109 Å². The van der Waals surface area contributed by atoms with Gasteiger partial charge in [0, 0.05) is 34.1 Å². The molecule has 2 N–H and O–H groups in total. The molecular weight excluding hydrogens is 794 g/mol. The van der Waals surface area contributed by atoms with Gasteiger partial charge in [-0.3, -0.25) is 0 Å². The van der Waals surface area contributed by atoms with Gasteiger partial charge in [0.1, 0.15) is 17.6 Å². The minimum atomic E-state index is 0.512. The van der Waals surface area contributed by atoms with Crippen LogP contribution in [0.3, 0.4) is 0 Å². The van der Waals surface area contributed by atoms with E-state index in [1.165, 1.54) is 0 Å². The Morgan fingerprint density at radius 1 is 0.524 bits per heavy atom. The predicted octanol–water partition coefficient (Wildman–Crippen LogP) is 14.2. The van der Waals surface area contributed by atoms with Crippen molar-refractivity contribution in [3.63, 3.8) is 0 Å². The Labute approximate surface area is 374 Å². The van der Waals surface area contributed by atoms with Crippen LogP contribution in [-0.2, 0) is 0 Å². The average molecular weight is 836 g/mol. The van der Waals surface area contributed by atoms with Crippen LogP contribution < -0.4 is 24.9 Å². The van der Waals surface area contributed by atoms with E-state index >= 15 is 0 Å². The molecule has 0 amide bonds. The van der Waals surface area contributed by atoms with Gasteiger partial charge in [-0.2, -0.15) is 5.26 Å². The van der Waals surface area contributed by atoms with E-state index in [4.69, 9.17) is 16.0 Å². The summed E-state index contributed by atoms with van der Waals surface area (Å²) in [5, 5.41) is 11.9. The topological polar surface area (TPSA) is 79.1 Å². The van der Waals surface area contributed by atoms with E-state index < -0.39 is 0 Å². The normalized spacial score (nSPS) is 10.6. The quantitative estimate of drug-likeness (QED) is 0.0746. The zero-order chi connectivity index (χ0) is 44.0. The Kier molecular flexibility index (Phi) is 14.2. The molecule has 0 heterocycles. The summed E-state index contributed by atoms with van der Waals surface area (Å²) in [6.45, 7) is 8.14. The molecule has 63 heavy (non-hydrogen) atoms. The number of methoxy groups -OCH3 is 2. The summed E-state index contributed by atoms with van der Waals surface area (Å²) in [7, 11) is 3.33. The number of rotatable bonds is 12. The summed E-state index contributed by atoms with van der Waals surface area (Å²) in [4.78, 5) is 8.34. The summed E-state index contributed by atoms with van der Waals surface area (Å²) >= 11 is 4.05. The summed E-state index contributed by atoms with van der Waals surface area (Å²) in [6.07, 6.45) is 9.05. The van der Waals surface area contributed by atoms with Crippen LogP contribution in [0.4, 0.5) is 39.8 Å². The maximum atomic E-state index is 10.4. The molecule has 0 atom stereocenters. The molecule has 0 spiro atoms.